The molecular formula is C25H31N3O6. The van der Waals surface area contributed by atoms with Crippen LogP contribution in [0.4, 0.5) is 5.69 Å². The van der Waals surface area contributed by atoms with Gasteiger partial charge in [0.05, 0.1) is 18.0 Å². The minimum atomic E-state index is -0.737. The van der Waals surface area contributed by atoms with Gasteiger partial charge in [-0.3, -0.25) is 19.7 Å². The summed E-state index contributed by atoms with van der Waals surface area (Å²) >= 11 is 0. The monoisotopic (exact) mass is 469 g/mol. The number of nitrogens with one attached hydrogen (secondary N) is 1. The molecule has 34 heavy (non-hydrogen) atoms. The van der Waals surface area contributed by atoms with Gasteiger partial charge in [0.2, 0.25) is 5.75 Å². The van der Waals surface area contributed by atoms with Crippen molar-refractivity contribution in [3.05, 3.63) is 50.9 Å². The molecule has 0 aromatic heterocycles. The number of nitro groups is 1. The molecule has 1 aliphatic carbocycles. The van der Waals surface area contributed by atoms with E-state index in [9.17, 15) is 24.8 Å². The van der Waals surface area contributed by atoms with Crippen LogP contribution in [-0.4, -0.2) is 46.8 Å². The van der Waals surface area contributed by atoms with Crippen molar-refractivity contribution in [2.45, 2.75) is 52.4 Å². The predicted molar refractivity (Wildman–Crippen MR) is 125 cm³/mol. The molecule has 1 aromatic rings. The minimum absolute atomic E-state index is 0.0360. The number of hydrogen-bond donors (Lipinski definition) is 2. The fourth-order valence-electron chi connectivity index (χ4n) is 5.47. The third-order valence-corrected chi connectivity index (χ3v) is 6.96. The Morgan fingerprint density at radius 2 is 1.91 bits per heavy atom. The third-order valence-electron chi connectivity index (χ3n) is 6.96. The maximum Gasteiger partial charge on any atom is 0.314 e. The number of amides is 1. The Balaban J connectivity index is 1.94. The number of rotatable bonds is 4. The second-order valence-electron chi connectivity index (χ2n) is 10.1. The topological polar surface area (TPSA) is 122 Å². The largest absolute Gasteiger partial charge is 0.500 e. The number of phenols is 1. The third kappa shape index (κ3) is 4.15. The molecule has 2 aliphatic heterocycles. The SMILES string of the molecule is COc1cc(C2C(C(=O)N3CCCCC3)=C(C)NC3=CC(C)(C)CC(=O)C32)cc([N+](=O)[O-])c1O. The summed E-state index contributed by atoms with van der Waals surface area (Å²) in [5, 5.41) is 25.3. The molecule has 2 atom stereocenters. The summed E-state index contributed by atoms with van der Waals surface area (Å²) in [5.41, 5.74) is 1.28. The Labute approximate surface area is 198 Å². The van der Waals surface area contributed by atoms with Crippen molar-refractivity contribution in [1.29, 1.82) is 0 Å². The van der Waals surface area contributed by atoms with Crippen LogP contribution in [0.1, 0.15) is 57.9 Å². The second-order valence-corrected chi connectivity index (χ2v) is 10.1. The predicted octanol–water partition coefficient (Wildman–Crippen LogP) is 3.78. The Morgan fingerprint density at radius 3 is 2.53 bits per heavy atom. The first-order valence-electron chi connectivity index (χ1n) is 11.6. The van der Waals surface area contributed by atoms with Gasteiger partial charge in [-0.05, 0) is 43.2 Å². The highest BCUT2D eigenvalue weighted by molar-refractivity contribution is 5.99. The Hall–Kier alpha value is -3.36. The number of methoxy groups -OCH3 is 1. The first-order valence-corrected chi connectivity index (χ1v) is 11.6. The lowest BCUT2D eigenvalue weighted by Gasteiger charge is -2.43. The van der Waals surface area contributed by atoms with Gasteiger partial charge in [0, 0.05) is 48.5 Å². The quantitative estimate of drug-likeness (QED) is 0.508. The van der Waals surface area contributed by atoms with Crippen LogP contribution >= 0.6 is 0 Å². The van der Waals surface area contributed by atoms with Crippen molar-refractivity contribution in [3.8, 4) is 11.5 Å². The molecule has 182 valence electrons. The number of carbonyl (C=O) groups excluding carboxylic acids is 2. The van der Waals surface area contributed by atoms with Gasteiger partial charge in [-0.15, -0.1) is 0 Å². The van der Waals surface area contributed by atoms with Gasteiger partial charge in [-0.25, -0.2) is 0 Å². The van der Waals surface area contributed by atoms with E-state index in [1.807, 2.05) is 19.9 Å². The lowest BCUT2D eigenvalue weighted by Crippen LogP contribution is -2.46. The average Bonchev–Trinajstić information content (AvgIpc) is 2.77. The lowest BCUT2D eigenvalue weighted by atomic mass is 9.66. The number of likely N-dealkylation sites (tertiary alicyclic amines) is 1. The summed E-state index contributed by atoms with van der Waals surface area (Å²) in [7, 11) is 1.31. The normalized spacial score (nSPS) is 24.2. The van der Waals surface area contributed by atoms with E-state index in [1.54, 1.807) is 11.8 Å². The number of nitro benzene ring substituents is 1. The number of Topliss-reactive ketones (excluding diaryl/α,β-unsaturated/α-hetero) is 1. The van der Waals surface area contributed by atoms with E-state index in [2.05, 4.69) is 5.32 Å². The minimum Gasteiger partial charge on any atom is -0.500 e. The number of allylic oxidation sites excluding steroid dienone is 3. The van der Waals surface area contributed by atoms with Crippen LogP contribution in [0.15, 0.2) is 35.2 Å². The molecule has 0 bridgehead atoms. The number of aromatic hydroxyl groups is 1. The number of nitrogens with zero attached hydrogens (tertiary/aromatic N) is 2. The van der Waals surface area contributed by atoms with Crippen molar-refractivity contribution in [1.82, 2.24) is 10.2 Å². The number of ketones is 1. The number of fused-ring (bicyclic) bond motifs is 1. The van der Waals surface area contributed by atoms with Crippen LogP contribution in [0.3, 0.4) is 0 Å². The van der Waals surface area contributed by atoms with Crippen molar-refractivity contribution in [2.75, 3.05) is 20.2 Å². The van der Waals surface area contributed by atoms with Crippen LogP contribution in [0, 0.1) is 21.4 Å². The van der Waals surface area contributed by atoms with E-state index in [0.717, 1.165) is 19.3 Å². The van der Waals surface area contributed by atoms with Crippen LogP contribution in [-0.2, 0) is 9.59 Å². The van der Waals surface area contributed by atoms with Crippen LogP contribution in [0.5, 0.6) is 11.5 Å². The standard InChI is InChI=1S/C25H31N3O6/c1-14-20(24(31)27-8-6-5-7-9-27)21(22-16(26-14)12-25(2,3)13-18(22)29)15-10-17(28(32)33)23(30)19(11-15)34-4/h10-12,21-22,26,30H,5-9,13H2,1-4H3. The van der Waals surface area contributed by atoms with E-state index in [4.69, 9.17) is 4.74 Å². The fraction of sp³-hybridized carbons (Fsp3) is 0.520. The molecule has 9 heteroatoms. The number of benzene rings is 1. The molecule has 1 saturated heterocycles. The van der Waals surface area contributed by atoms with Gasteiger partial charge in [0.25, 0.3) is 5.91 Å². The molecule has 0 radical (unpaired) electrons. The van der Waals surface area contributed by atoms with Gasteiger partial charge < -0.3 is 20.1 Å². The van der Waals surface area contributed by atoms with Gasteiger partial charge in [0.15, 0.2) is 5.75 Å². The van der Waals surface area contributed by atoms with E-state index < -0.39 is 28.2 Å². The fourth-order valence-corrected chi connectivity index (χ4v) is 5.47. The number of phenolic OH excluding ortho intramolecular Hbond substituents is 1. The van der Waals surface area contributed by atoms with Crippen LogP contribution < -0.4 is 10.1 Å². The lowest BCUT2D eigenvalue weighted by molar-refractivity contribution is -0.386. The van der Waals surface area contributed by atoms with Gasteiger partial charge in [-0.2, -0.15) is 0 Å². The smallest absolute Gasteiger partial charge is 0.314 e. The van der Waals surface area contributed by atoms with Crippen LogP contribution in [0.2, 0.25) is 0 Å². The van der Waals surface area contributed by atoms with E-state index >= 15 is 0 Å². The molecule has 0 spiro atoms. The van der Waals surface area contributed by atoms with E-state index in [-0.39, 0.29) is 22.9 Å². The Morgan fingerprint density at radius 1 is 1.24 bits per heavy atom. The molecular weight excluding hydrogens is 438 g/mol. The average molecular weight is 470 g/mol. The molecule has 2 unspecified atom stereocenters. The second kappa shape index (κ2) is 8.77. The first-order chi connectivity index (χ1) is 16.0. The molecule has 1 fully saturated rings. The highest BCUT2D eigenvalue weighted by Gasteiger charge is 2.47. The zero-order chi connectivity index (χ0) is 24.8. The van der Waals surface area contributed by atoms with Gasteiger partial charge >= 0.3 is 5.69 Å². The summed E-state index contributed by atoms with van der Waals surface area (Å²) in [6, 6.07) is 2.76. The van der Waals surface area contributed by atoms with Gasteiger partial charge in [-0.1, -0.05) is 19.9 Å². The molecule has 0 saturated carbocycles. The Bertz CT molecular complexity index is 1110. The Kier molecular flexibility index (Phi) is 6.14. The zero-order valence-corrected chi connectivity index (χ0v) is 20.0. The maximum absolute atomic E-state index is 13.8. The number of ether oxygens (including phenoxy) is 1. The molecule has 9 nitrogen and oxygen atoms in total. The van der Waals surface area contributed by atoms with Gasteiger partial charge in [0.1, 0.15) is 5.78 Å². The molecule has 2 N–H and O–H groups in total. The zero-order valence-electron chi connectivity index (χ0n) is 20.0. The van der Waals surface area contributed by atoms with Crippen molar-refractivity contribution in [3.63, 3.8) is 0 Å². The summed E-state index contributed by atoms with van der Waals surface area (Å²) in [5.74, 6) is -2.28. The number of carbonyl (C=O) groups is 2. The summed E-state index contributed by atoms with van der Waals surface area (Å²) in [4.78, 5) is 40.1. The van der Waals surface area contributed by atoms with Crippen LogP contribution in [0.25, 0.3) is 0 Å². The molecule has 1 aromatic carbocycles. The molecule has 3 aliphatic rings. The molecule has 2 heterocycles. The van der Waals surface area contributed by atoms with Crippen molar-refractivity contribution < 1.29 is 24.4 Å². The molecule has 4 rings (SSSR count). The molecule has 1 amide bonds. The number of hydrogen-bond acceptors (Lipinski definition) is 7. The maximum atomic E-state index is 13.8. The highest BCUT2D eigenvalue weighted by atomic mass is 16.6. The summed E-state index contributed by atoms with van der Waals surface area (Å²) < 4.78 is 5.22. The van der Waals surface area contributed by atoms with Crippen molar-refractivity contribution in [2.24, 2.45) is 11.3 Å². The van der Waals surface area contributed by atoms with E-state index in [0.29, 0.717) is 42.0 Å². The first kappa shape index (κ1) is 23.8. The summed E-state index contributed by atoms with van der Waals surface area (Å²) in [6.45, 7) is 7.03. The highest BCUT2D eigenvalue weighted by Crippen LogP contribution is 2.49. The number of piperidine rings is 1. The van der Waals surface area contributed by atoms with E-state index in [1.165, 1.54) is 19.2 Å². The van der Waals surface area contributed by atoms with Crippen molar-refractivity contribution >= 4 is 17.4 Å². The summed E-state index contributed by atoms with van der Waals surface area (Å²) in [6.07, 6.45) is 5.20.